The van der Waals surface area contributed by atoms with Crippen LogP contribution in [0, 0.1) is 6.92 Å². The van der Waals surface area contributed by atoms with Gasteiger partial charge in [-0.3, -0.25) is 0 Å². The Bertz CT molecular complexity index is 868. The van der Waals surface area contributed by atoms with Crippen molar-refractivity contribution in [2.45, 2.75) is 13.3 Å². The molecule has 0 atom stereocenters. The quantitative estimate of drug-likeness (QED) is 0.624. The summed E-state index contributed by atoms with van der Waals surface area (Å²) < 4.78 is 5.39. The average molecular weight is 369 g/mol. The number of hydrogen-bond acceptors (Lipinski definition) is 5. The van der Waals surface area contributed by atoms with Gasteiger partial charge in [-0.1, -0.05) is 29.8 Å². The molecule has 0 saturated heterocycles. The van der Waals surface area contributed by atoms with Crippen molar-refractivity contribution >= 4 is 28.9 Å². The third kappa shape index (κ3) is 4.86. The zero-order chi connectivity index (χ0) is 18.4. The van der Waals surface area contributed by atoms with E-state index in [1.807, 2.05) is 55.5 Å². The number of benzene rings is 2. The van der Waals surface area contributed by atoms with Crippen LogP contribution < -0.4 is 15.4 Å². The first-order valence-electron chi connectivity index (χ1n) is 8.38. The maximum atomic E-state index is 5.92. The molecule has 2 N–H and O–H groups in total. The Hall–Kier alpha value is -2.79. The summed E-state index contributed by atoms with van der Waals surface area (Å²) in [4.78, 5) is 8.88. The van der Waals surface area contributed by atoms with Crippen LogP contribution in [0.4, 0.5) is 17.3 Å². The van der Waals surface area contributed by atoms with Crippen molar-refractivity contribution in [2.75, 3.05) is 24.3 Å². The van der Waals surface area contributed by atoms with Crippen molar-refractivity contribution in [3.63, 3.8) is 0 Å². The predicted molar refractivity (Wildman–Crippen MR) is 107 cm³/mol. The Kier molecular flexibility index (Phi) is 5.92. The van der Waals surface area contributed by atoms with Gasteiger partial charge < -0.3 is 15.4 Å². The molecule has 0 saturated carbocycles. The third-order valence-electron chi connectivity index (χ3n) is 3.85. The number of nitrogens with one attached hydrogen (secondary N) is 2. The average Bonchev–Trinajstić information content (AvgIpc) is 2.64. The lowest BCUT2D eigenvalue weighted by Gasteiger charge is -2.11. The lowest BCUT2D eigenvalue weighted by molar-refractivity contribution is 0.410. The smallest absolute Gasteiger partial charge is 0.136 e. The second kappa shape index (κ2) is 8.54. The molecule has 0 bridgehead atoms. The van der Waals surface area contributed by atoms with E-state index >= 15 is 0 Å². The van der Waals surface area contributed by atoms with Crippen LogP contribution in [0.5, 0.6) is 5.75 Å². The molecule has 0 unspecified atom stereocenters. The van der Waals surface area contributed by atoms with Crippen LogP contribution in [-0.2, 0) is 6.42 Å². The first-order valence-corrected chi connectivity index (χ1v) is 8.76. The van der Waals surface area contributed by atoms with Gasteiger partial charge in [0.2, 0.25) is 0 Å². The second-order valence-electron chi connectivity index (χ2n) is 5.81. The van der Waals surface area contributed by atoms with Gasteiger partial charge in [0.1, 0.15) is 23.2 Å². The number of aromatic nitrogens is 2. The molecule has 0 radical (unpaired) electrons. The first-order chi connectivity index (χ1) is 12.6. The van der Waals surface area contributed by atoms with Gasteiger partial charge in [-0.25, -0.2) is 9.97 Å². The fourth-order valence-electron chi connectivity index (χ4n) is 2.64. The Morgan fingerprint density at radius 3 is 2.50 bits per heavy atom. The van der Waals surface area contributed by atoms with Crippen LogP contribution in [0.1, 0.15) is 11.4 Å². The highest BCUT2D eigenvalue weighted by Crippen LogP contribution is 2.20. The Balaban J connectivity index is 1.65. The summed E-state index contributed by atoms with van der Waals surface area (Å²) in [5.41, 5.74) is 2.08. The van der Waals surface area contributed by atoms with Crippen molar-refractivity contribution in [3.8, 4) is 5.75 Å². The van der Waals surface area contributed by atoms with E-state index in [-0.39, 0.29) is 0 Å². The number of nitrogens with zero attached hydrogens (tertiary/aromatic N) is 2. The van der Waals surface area contributed by atoms with E-state index in [2.05, 4.69) is 26.7 Å². The summed E-state index contributed by atoms with van der Waals surface area (Å²) in [5.74, 6) is 3.12. The van der Waals surface area contributed by atoms with Crippen LogP contribution in [0.25, 0.3) is 0 Å². The molecule has 0 fully saturated rings. The lowest BCUT2D eigenvalue weighted by Crippen LogP contribution is -2.09. The van der Waals surface area contributed by atoms with Crippen molar-refractivity contribution in [1.82, 2.24) is 9.97 Å². The van der Waals surface area contributed by atoms with Crippen molar-refractivity contribution in [2.24, 2.45) is 0 Å². The summed E-state index contributed by atoms with van der Waals surface area (Å²) in [6.07, 6.45) is 0.840. The molecule has 0 aliphatic heterocycles. The zero-order valence-corrected chi connectivity index (χ0v) is 15.5. The van der Waals surface area contributed by atoms with E-state index in [1.54, 1.807) is 7.11 Å². The molecular weight excluding hydrogens is 348 g/mol. The van der Waals surface area contributed by atoms with Gasteiger partial charge in [0.25, 0.3) is 0 Å². The van der Waals surface area contributed by atoms with E-state index < -0.39 is 0 Å². The monoisotopic (exact) mass is 368 g/mol. The molecular formula is C20H21ClN4O. The fraction of sp³-hybridized carbons (Fsp3) is 0.200. The largest absolute Gasteiger partial charge is 0.496 e. The molecule has 0 spiro atoms. The number of aryl methyl sites for hydroxylation is 1. The standard InChI is InChI=1S/C20H21ClN4O/c1-14-23-19(22-12-11-15-5-3-4-6-18(15)26-2)13-20(24-14)25-17-9-7-16(21)8-10-17/h3-10,13H,11-12H2,1-2H3,(H2,22,23,24,25). The number of anilines is 3. The highest BCUT2D eigenvalue weighted by atomic mass is 35.5. The molecule has 0 amide bonds. The number of ether oxygens (including phenoxy) is 1. The predicted octanol–water partition coefficient (Wildman–Crippen LogP) is 4.85. The first kappa shape index (κ1) is 18.0. The highest BCUT2D eigenvalue weighted by molar-refractivity contribution is 6.30. The van der Waals surface area contributed by atoms with E-state index in [1.165, 1.54) is 0 Å². The maximum absolute atomic E-state index is 5.92. The SMILES string of the molecule is COc1ccccc1CCNc1cc(Nc2ccc(Cl)cc2)nc(C)n1. The van der Waals surface area contributed by atoms with Crippen LogP contribution in [0.2, 0.25) is 5.02 Å². The minimum absolute atomic E-state index is 0.698. The van der Waals surface area contributed by atoms with E-state index in [4.69, 9.17) is 16.3 Å². The molecule has 134 valence electrons. The van der Waals surface area contributed by atoms with Gasteiger partial charge in [0.05, 0.1) is 7.11 Å². The maximum Gasteiger partial charge on any atom is 0.136 e. The summed E-state index contributed by atoms with van der Waals surface area (Å²) >= 11 is 5.92. The Morgan fingerprint density at radius 1 is 1.00 bits per heavy atom. The lowest BCUT2D eigenvalue weighted by atomic mass is 10.1. The molecule has 3 rings (SSSR count). The summed E-state index contributed by atoms with van der Waals surface area (Å²) in [5, 5.41) is 7.32. The number of rotatable bonds is 7. The molecule has 6 heteroatoms. The summed E-state index contributed by atoms with van der Waals surface area (Å²) in [6.45, 7) is 2.62. The van der Waals surface area contributed by atoms with Crippen LogP contribution in [0.15, 0.2) is 54.6 Å². The number of halogens is 1. The number of methoxy groups -OCH3 is 1. The zero-order valence-electron chi connectivity index (χ0n) is 14.8. The molecule has 2 aromatic carbocycles. The molecule has 1 aromatic heterocycles. The molecule has 0 aliphatic rings. The van der Waals surface area contributed by atoms with Crippen LogP contribution >= 0.6 is 11.6 Å². The molecule has 3 aromatic rings. The molecule has 5 nitrogen and oxygen atoms in total. The number of para-hydroxylation sites is 1. The number of hydrogen-bond donors (Lipinski definition) is 2. The van der Waals surface area contributed by atoms with Gasteiger partial charge in [0.15, 0.2) is 0 Å². The Labute approximate surface area is 158 Å². The Morgan fingerprint density at radius 2 is 1.73 bits per heavy atom. The molecule has 26 heavy (non-hydrogen) atoms. The molecule has 1 heterocycles. The van der Waals surface area contributed by atoms with Crippen LogP contribution in [-0.4, -0.2) is 23.6 Å². The second-order valence-corrected chi connectivity index (χ2v) is 6.24. The van der Waals surface area contributed by atoms with Gasteiger partial charge in [0, 0.05) is 23.3 Å². The third-order valence-corrected chi connectivity index (χ3v) is 4.10. The minimum Gasteiger partial charge on any atom is -0.496 e. The fourth-order valence-corrected chi connectivity index (χ4v) is 2.76. The van der Waals surface area contributed by atoms with Crippen molar-refractivity contribution in [1.29, 1.82) is 0 Å². The van der Waals surface area contributed by atoms with E-state index in [0.717, 1.165) is 41.6 Å². The highest BCUT2D eigenvalue weighted by Gasteiger charge is 2.05. The van der Waals surface area contributed by atoms with E-state index in [0.29, 0.717) is 10.8 Å². The normalized spacial score (nSPS) is 10.4. The van der Waals surface area contributed by atoms with Crippen molar-refractivity contribution < 1.29 is 4.74 Å². The topological polar surface area (TPSA) is 59.1 Å². The summed E-state index contributed by atoms with van der Waals surface area (Å²) in [6, 6.07) is 17.4. The van der Waals surface area contributed by atoms with Gasteiger partial charge >= 0.3 is 0 Å². The van der Waals surface area contributed by atoms with Gasteiger partial charge in [-0.05, 0) is 49.2 Å². The van der Waals surface area contributed by atoms with E-state index in [9.17, 15) is 0 Å². The summed E-state index contributed by atoms with van der Waals surface area (Å²) in [7, 11) is 1.69. The van der Waals surface area contributed by atoms with Gasteiger partial charge in [-0.2, -0.15) is 0 Å². The van der Waals surface area contributed by atoms with Crippen LogP contribution in [0.3, 0.4) is 0 Å². The minimum atomic E-state index is 0.698. The molecule has 0 aliphatic carbocycles. The van der Waals surface area contributed by atoms with Gasteiger partial charge in [-0.15, -0.1) is 0 Å². The van der Waals surface area contributed by atoms with Crippen molar-refractivity contribution in [3.05, 3.63) is 71.0 Å².